The van der Waals surface area contributed by atoms with E-state index >= 15 is 0 Å². The standard InChI is InChI=1S/C12H14ClNO2/c1-3-4-10-9(7-8(2)13)5-6-14-11(10)12(15)16/h3,5-7,9-10H,1,4H2,2H3,(H,15,16)/b8-7+. The molecule has 1 heterocycles. The molecule has 16 heavy (non-hydrogen) atoms. The molecule has 0 aromatic heterocycles. The van der Waals surface area contributed by atoms with Crippen LogP contribution in [-0.2, 0) is 4.79 Å². The highest BCUT2D eigenvalue weighted by Crippen LogP contribution is 2.26. The van der Waals surface area contributed by atoms with Crippen molar-refractivity contribution in [1.82, 2.24) is 0 Å². The van der Waals surface area contributed by atoms with Crippen LogP contribution in [0.25, 0.3) is 0 Å². The summed E-state index contributed by atoms with van der Waals surface area (Å²) in [5.74, 6) is -1.20. The number of aliphatic carboxylic acids is 1. The van der Waals surface area contributed by atoms with Crippen LogP contribution >= 0.6 is 11.6 Å². The first kappa shape index (κ1) is 12.7. The van der Waals surface area contributed by atoms with Crippen LogP contribution in [0.3, 0.4) is 0 Å². The van der Waals surface area contributed by atoms with Gasteiger partial charge in [-0.05, 0) is 13.3 Å². The Bertz CT molecular complexity index is 378. The molecule has 0 amide bonds. The topological polar surface area (TPSA) is 49.7 Å². The normalized spacial score (nSPS) is 25.1. The number of carbonyl (C=O) groups is 1. The lowest BCUT2D eigenvalue weighted by Gasteiger charge is -2.23. The first-order valence-corrected chi connectivity index (χ1v) is 5.36. The number of carboxylic acids is 1. The third-order valence-electron chi connectivity index (χ3n) is 2.40. The van der Waals surface area contributed by atoms with Crippen molar-refractivity contribution in [1.29, 1.82) is 0 Å². The molecule has 86 valence electrons. The van der Waals surface area contributed by atoms with Crippen LogP contribution in [0, 0.1) is 11.8 Å². The van der Waals surface area contributed by atoms with E-state index in [1.807, 2.05) is 12.2 Å². The van der Waals surface area contributed by atoms with E-state index in [9.17, 15) is 4.79 Å². The van der Waals surface area contributed by atoms with Crippen LogP contribution in [0.5, 0.6) is 0 Å². The van der Waals surface area contributed by atoms with Gasteiger partial charge in [0.05, 0.1) is 0 Å². The van der Waals surface area contributed by atoms with Gasteiger partial charge in [-0.3, -0.25) is 4.99 Å². The maximum absolute atomic E-state index is 11.0. The molecule has 0 aliphatic carbocycles. The molecule has 4 heteroatoms. The fraction of sp³-hybridized carbons (Fsp3) is 0.333. The second-order valence-corrected chi connectivity index (χ2v) is 4.22. The van der Waals surface area contributed by atoms with Gasteiger partial charge in [0.2, 0.25) is 0 Å². The van der Waals surface area contributed by atoms with Crippen LogP contribution in [0.2, 0.25) is 0 Å². The van der Waals surface area contributed by atoms with Gasteiger partial charge >= 0.3 is 5.97 Å². The zero-order valence-electron chi connectivity index (χ0n) is 9.06. The number of aliphatic imine (C=N–C) groups is 1. The summed E-state index contributed by atoms with van der Waals surface area (Å²) in [5, 5.41) is 9.68. The largest absolute Gasteiger partial charge is 0.477 e. The predicted octanol–water partition coefficient (Wildman–Crippen LogP) is 2.99. The monoisotopic (exact) mass is 239 g/mol. The number of nitrogens with zero attached hydrogens (tertiary/aromatic N) is 1. The van der Waals surface area contributed by atoms with Gasteiger partial charge in [0.25, 0.3) is 0 Å². The molecular weight excluding hydrogens is 226 g/mol. The number of rotatable bonds is 4. The molecule has 0 saturated heterocycles. The third-order valence-corrected chi connectivity index (χ3v) is 2.53. The first-order chi connectivity index (χ1) is 7.56. The fourth-order valence-corrected chi connectivity index (χ4v) is 1.88. The van der Waals surface area contributed by atoms with Crippen molar-refractivity contribution in [2.45, 2.75) is 13.3 Å². The van der Waals surface area contributed by atoms with Crippen molar-refractivity contribution in [2.24, 2.45) is 16.8 Å². The Morgan fingerprint density at radius 3 is 2.94 bits per heavy atom. The predicted molar refractivity (Wildman–Crippen MR) is 65.6 cm³/mol. The van der Waals surface area contributed by atoms with Crippen molar-refractivity contribution in [2.75, 3.05) is 0 Å². The van der Waals surface area contributed by atoms with E-state index in [1.54, 1.807) is 13.0 Å². The Kier molecular flexibility index (Phi) is 4.50. The van der Waals surface area contributed by atoms with Crippen molar-refractivity contribution < 1.29 is 9.90 Å². The summed E-state index contributed by atoms with van der Waals surface area (Å²) >= 11 is 5.82. The Morgan fingerprint density at radius 2 is 2.44 bits per heavy atom. The summed E-state index contributed by atoms with van der Waals surface area (Å²) in [5.41, 5.74) is 0.168. The molecule has 0 saturated carbocycles. The minimum absolute atomic E-state index is 0.0286. The van der Waals surface area contributed by atoms with Crippen molar-refractivity contribution in [3.63, 3.8) is 0 Å². The summed E-state index contributed by atoms with van der Waals surface area (Å²) in [4.78, 5) is 14.9. The number of hydrogen-bond donors (Lipinski definition) is 1. The quantitative estimate of drug-likeness (QED) is 0.767. The molecular formula is C12H14ClNO2. The molecule has 2 atom stereocenters. The van der Waals surface area contributed by atoms with E-state index < -0.39 is 5.97 Å². The molecule has 0 spiro atoms. The van der Waals surface area contributed by atoms with Gasteiger partial charge in [-0.25, -0.2) is 4.79 Å². The molecule has 3 nitrogen and oxygen atoms in total. The van der Waals surface area contributed by atoms with Crippen LogP contribution < -0.4 is 0 Å². The van der Waals surface area contributed by atoms with Crippen molar-refractivity contribution >= 4 is 23.3 Å². The molecule has 0 aromatic rings. The Balaban J connectivity index is 3.00. The van der Waals surface area contributed by atoms with Gasteiger partial charge in [-0.2, -0.15) is 0 Å². The Labute approximate surface area is 99.8 Å². The molecule has 0 fully saturated rings. The third kappa shape index (κ3) is 3.07. The highest BCUT2D eigenvalue weighted by molar-refractivity contribution is 6.37. The zero-order valence-corrected chi connectivity index (χ0v) is 9.81. The minimum atomic E-state index is -0.984. The molecule has 1 rings (SSSR count). The van der Waals surface area contributed by atoms with Crippen molar-refractivity contribution in [3.8, 4) is 0 Å². The summed E-state index contributed by atoms with van der Waals surface area (Å²) in [6, 6.07) is 0. The Morgan fingerprint density at radius 1 is 1.75 bits per heavy atom. The van der Waals surface area contributed by atoms with Crippen LogP contribution in [0.1, 0.15) is 13.3 Å². The first-order valence-electron chi connectivity index (χ1n) is 4.98. The minimum Gasteiger partial charge on any atom is -0.477 e. The summed E-state index contributed by atoms with van der Waals surface area (Å²) in [7, 11) is 0. The van der Waals surface area contributed by atoms with Crippen LogP contribution in [0.4, 0.5) is 0 Å². The highest BCUT2D eigenvalue weighted by atomic mass is 35.5. The van der Waals surface area contributed by atoms with Crippen molar-refractivity contribution in [3.05, 3.63) is 36.0 Å². The van der Waals surface area contributed by atoms with E-state index in [2.05, 4.69) is 11.6 Å². The average Bonchev–Trinajstić information content (AvgIpc) is 2.19. The molecule has 2 unspecified atom stereocenters. The van der Waals surface area contributed by atoms with Gasteiger partial charge in [0.1, 0.15) is 5.71 Å². The second kappa shape index (κ2) is 5.66. The van der Waals surface area contributed by atoms with E-state index in [-0.39, 0.29) is 17.5 Å². The van der Waals surface area contributed by atoms with E-state index in [0.29, 0.717) is 11.5 Å². The SMILES string of the molecule is C=CCC1C(C(=O)O)=NC=CC1/C=C(\C)Cl. The zero-order chi connectivity index (χ0) is 12.1. The summed E-state index contributed by atoms with van der Waals surface area (Å²) in [6.45, 7) is 5.41. The highest BCUT2D eigenvalue weighted by Gasteiger charge is 2.28. The Hall–Kier alpha value is -1.35. The van der Waals surface area contributed by atoms with Gasteiger partial charge in [0.15, 0.2) is 0 Å². The van der Waals surface area contributed by atoms with E-state index in [4.69, 9.17) is 16.7 Å². The lowest BCUT2D eigenvalue weighted by Crippen LogP contribution is -2.30. The van der Waals surface area contributed by atoms with Gasteiger partial charge in [-0.1, -0.05) is 29.8 Å². The van der Waals surface area contributed by atoms with Gasteiger partial charge in [0, 0.05) is 23.1 Å². The average molecular weight is 240 g/mol. The number of allylic oxidation sites excluding steroid dienone is 4. The second-order valence-electron chi connectivity index (χ2n) is 3.62. The van der Waals surface area contributed by atoms with Gasteiger partial charge in [-0.15, -0.1) is 6.58 Å². The van der Waals surface area contributed by atoms with Crippen LogP contribution in [0.15, 0.2) is 41.0 Å². The van der Waals surface area contributed by atoms with Gasteiger partial charge < -0.3 is 5.11 Å². The van der Waals surface area contributed by atoms with Crippen LogP contribution in [-0.4, -0.2) is 16.8 Å². The number of hydrogen-bond acceptors (Lipinski definition) is 2. The molecule has 0 radical (unpaired) electrons. The molecule has 0 bridgehead atoms. The molecule has 1 aliphatic heterocycles. The molecule has 1 N–H and O–H groups in total. The maximum Gasteiger partial charge on any atom is 0.350 e. The molecule has 1 aliphatic rings. The van der Waals surface area contributed by atoms with E-state index in [1.165, 1.54) is 6.20 Å². The van der Waals surface area contributed by atoms with E-state index in [0.717, 1.165) is 0 Å². The molecule has 0 aromatic carbocycles. The number of carboxylic acid groups (broad SMARTS) is 1. The fourth-order valence-electron chi connectivity index (χ4n) is 1.73. The summed E-state index contributed by atoms with van der Waals surface area (Å²) in [6.07, 6.45) is 7.48. The number of halogens is 1. The summed E-state index contributed by atoms with van der Waals surface area (Å²) < 4.78 is 0. The maximum atomic E-state index is 11.0. The smallest absolute Gasteiger partial charge is 0.350 e. The lowest BCUT2D eigenvalue weighted by atomic mass is 9.83. The lowest BCUT2D eigenvalue weighted by molar-refractivity contribution is -0.129.